The van der Waals surface area contributed by atoms with Crippen LogP contribution in [0.1, 0.15) is 43.6 Å². The molecule has 0 amide bonds. The van der Waals surface area contributed by atoms with Crippen molar-refractivity contribution < 1.29 is 9.53 Å². The van der Waals surface area contributed by atoms with E-state index in [0.29, 0.717) is 12.2 Å². The first kappa shape index (κ1) is 13.3. The molecule has 0 saturated carbocycles. The van der Waals surface area contributed by atoms with E-state index in [1.165, 1.54) is 0 Å². The summed E-state index contributed by atoms with van der Waals surface area (Å²) in [6.07, 6.45) is 0. The van der Waals surface area contributed by atoms with E-state index in [4.69, 9.17) is 4.74 Å². The molecule has 90 valence electrons. The lowest BCUT2D eigenvalue weighted by molar-refractivity contribution is 0.0526. The Labute approximate surface area is 103 Å². The lowest BCUT2D eigenvalue weighted by Crippen LogP contribution is -2.14. The minimum Gasteiger partial charge on any atom is -0.462 e. The highest BCUT2D eigenvalue weighted by Crippen LogP contribution is 2.22. The summed E-state index contributed by atoms with van der Waals surface area (Å²) in [5.74, 6) is 5.79. The number of hydrogen-bond donors (Lipinski definition) is 0. The van der Waals surface area contributed by atoms with Gasteiger partial charge in [-0.25, -0.2) is 4.79 Å². The molecule has 0 aromatic heterocycles. The topological polar surface area (TPSA) is 26.3 Å². The Morgan fingerprint density at radius 3 is 2.35 bits per heavy atom. The van der Waals surface area contributed by atoms with E-state index in [2.05, 4.69) is 25.7 Å². The van der Waals surface area contributed by atoms with E-state index in [0.717, 1.165) is 5.56 Å². The minimum absolute atomic E-state index is 0.193. The van der Waals surface area contributed by atoms with Gasteiger partial charge in [0.25, 0.3) is 0 Å². The molecule has 0 bridgehead atoms. The number of carbonyl (C=O) groups is 1. The molecule has 0 atom stereocenters. The third-order valence-corrected chi connectivity index (χ3v) is 2.56. The highest BCUT2D eigenvalue weighted by Gasteiger charge is 2.17. The maximum absolute atomic E-state index is 11.5. The van der Waals surface area contributed by atoms with Crippen LogP contribution in [0.2, 0.25) is 0 Å². The van der Waals surface area contributed by atoms with Gasteiger partial charge < -0.3 is 4.74 Å². The predicted octanol–water partition coefficient (Wildman–Crippen LogP) is 3.16. The van der Waals surface area contributed by atoms with Gasteiger partial charge in [-0.05, 0) is 45.4 Å². The van der Waals surface area contributed by atoms with Crippen LogP contribution in [0.3, 0.4) is 0 Å². The molecule has 2 heteroatoms. The fraction of sp³-hybridized carbons (Fsp3) is 0.400. The van der Waals surface area contributed by atoms with Gasteiger partial charge in [0.05, 0.1) is 17.6 Å². The van der Waals surface area contributed by atoms with Crippen molar-refractivity contribution in [3.63, 3.8) is 0 Å². The van der Waals surface area contributed by atoms with Crippen LogP contribution in [0.25, 0.3) is 0 Å². The Hall–Kier alpha value is -1.75. The average molecular weight is 230 g/mol. The second-order valence-electron chi connectivity index (χ2n) is 4.30. The van der Waals surface area contributed by atoms with Crippen LogP contribution < -0.4 is 0 Å². The summed E-state index contributed by atoms with van der Waals surface area (Å²) in [6, 6.07) is 7.42. The van der Waals surface area contributed by atoms with Crippen LogP contribution in [0.5, 0.6) is 0 Å². The van der Waals surface area contributed by atoms with Crippen LogP contribution in [-0.4, -0.2) is 12.6 Å². The first-order valence-corrected chi connectivity index (χ1v) is 5.73. The maximum Gasteiger partial charge on any atom is 0.338 e. The zero-order chi connectivity index (χ0) is 12.9. The highest BCUT2D eigenvalue weighted by atomic mass is 16.5. The fourth-order valence-corrected chi connectivity index (χ4v) is 1.62. The molecule has 1 aromatic rings. The minimum atomic E-state index is -0.279. The van der Waals surface area contributed by atoms with Crippen LogP contribution in [0, 0.1) is 11.8 Å². The summed E-state index contributed by atoms with van der Waals surface area (Å²) in [5.41, 5.74) is 1.48. The third-order valence-electron chi connectivity index (χ3n) is 2.56. The molecule has 0 aliphatic heterocycles. The molecule has 0 aliphatic carbocycles. The summed E-state index contributed by atoms with van der Waals surface area (Å²) < 4.78 is 4.93. The monoisotopic (exact) mass is 230 g/mol. The van der Waals surface area contributed by atoms with Crippen LogP contribution in [0.4, 0.5) is 0 Å². The van der Waals surface area contributed by atoms with Crippen LogP contribution in [0.15, 0.2) is 24.3 Å². The molecule has 0 unspecified atom stereocenters. The van der Waals surface area contributed by atoms with E-state index in [1.54, 1.807) is 19.1 Å². The quantitative estimate of drug-likeness (QED) is 0.589. The Balaban J connectivity index is 2.94. The van der Waals surface area contributed by atoms with Gasteiger partial charge in [-0.3, -0.25) is 0 Å². The number of hydrogen-bond acceptors (Lipinski definition) is 2. The Morgan fingerprint density at radius 1 is 1.29 bits per heavy atom. The lowest BCUT2D eigenvalue weighted by Gasteiger charge is -2.18. The molecular weight excluding hydrogens is 212 g/mol. The number of esters is 1. The summed E-state index contributed by atoms with van der Waals surface area (Å²) >= 11 is 0. The van der Waals surface area contributed by atoms with Crippen molar-refractivity contribution >= 4 is 5.97 Å². The SMILES string of the molecule is CC#CC(C)(C)c1ccc(C(=O)OCC)cc1. The molecule has 0 radical (unpaired) electrons. The maximum atomic E-state index is 11.5. The van der Waals surface area contributed by atoms with E-state index in [-0.39, 0.29) is 11.4 Å². The van der Waals surface area contributed by atoms with Gasteiger partial charge in [-0.2, -0.15) is 0 Å². The van der Waals surface area contributed by atoms with Gasteiger partial charge >= 0.3 is 5.97 Å². The highest BCUT2D eigenvalue weighted by molar-refractivity contribution is 5.89. The second kappa shape index (κ2) is 5.54. The normalized spacial score (nSPS) is 10.4. The number of benzene rings is 1. The van der Waals surface area contributed by atoms with E-state index < -0.39 is 0 Å². The molecule has 1 aromatic carbocycles. The largest absolute Gasteiger partial charge is 0.462 e. The lowest BCUT2D eigenvalue weighted by atomic mass is 9.85. The zero-order valence-corrected chi connectivity index (χ0v) is 10.8. The van der Waals surface area contributed by atoms with Gasteiger partial charge in [0.15, 0.2) is 0 Å². The van der Waals surface area contributed by atoms with Crippen molar-refractivity contribution in [3.8, 4) is 11.8 Å². The first-order valence-electron chi connectivity index (χ1n) is 5.73. The predicted molar refractivity (Wildman–Crippen MR) is 68.9 cm³/mol. The average Bonchev–Trinajstić information content (AvgIpc) is 2.29. The fourth-order valence-electron chi connectivity index (χ4n) is 1.62. The summed E-state index contributed by atoms with van der Waals surface area (Å²) in [5, 5.41) is 0. The molecule has 2 nitrogen and oxygen atoms in total. The molecule has 0 heterocycles. The Bertz CT molecular complexity index is 444. The van der Waals surface area contributed by atoms with Crippen LogP contribution >= 0.6 is 0 Å². The van der Waals surface area contributed by atoms with Crippen molar-refractivity contribution in [2.75, 3.05) is 6.61 Å². The van der Waals surface area contributed by atoms with Gasteiger partial charge in [-0.1, -0.05) is 18.1 Å². The standard InChI is InChI=1S/C15H18O2/c1-5-11-15(3,4)13-9-7-12(8-10-13)14(16)17-6-2/h7-10H,6H2,1-4H3. The molecule has 0 saturated heterocycles. The van der Waals surface area contributed by atoms with Gasteiger partial charge in [-0.15, -0.1) is 5.92 Å². The second-order valence-corrected chi connectivity index (χ2v) is 4.30. The molecular formula is C15H18O2. The van der Waals surface area contributed by atoms with Crippen LogP contribution in [-0.2, 0) is 10.2 Å². The first-order chi connectivity index (χ1) is 8.01. The molecule has 0 aliphatic rings. The molecule has 0 N–H and O–H groups in total. The number of carbonyl (C=O) groups excluding carboxylic acids is 1. The van der Waals surface area contributed by atoms with Crippen molar-refractivity contribution in [2.24, 2.45) is 0 Å². The summed E-state index contributed by atoms with van der Waals surface area (Å²) in [4.78, 5) is 11.5. The number of ether oxygens (including phenoxy) is 1. The molecule has 0 spiro atoms. The third kappa shape index (κ3) is 3.35. The summed E-state index contributed by atoms with van der Waals surface area (Å²) in [6.45, 7) is 8.14. The number of rotatable bonds is 3. The van der Waals surface area contributed by atoms with E-state index in [9.17, 15) is 4.79 Å². The molecule has 17 heavy (non-hydrogen) atoms. The molecule has 1 rings (SSSR count). The van der Waals surface area contributed by atoms with Crippen molar-refractivity contribution in [3.05, 3.63) is 35.4 Å². The van der Waals surface area contributed by atoms with Gasteiger partial charge in [0.2, 0.25) is 0 Å². The van der Waals surface area contributed by atoms with E-state index in [1.807, 2.05) is 19.1 Å². The van der Waals surface area contributed by atoms with Crippen molar-refractivity contribution in [1.29, 1.82) is 0 Å². The van der Waals surface area contributed by atoms with E-state index >= 15 is 0 Å². The summed E-state index contributed by atoms with van der Waals surface area (Å²) in [7, 11) is 0. The smallest absolute Gasteiger partial charge is 0.338 e. The van der Waals surface area contributed by atoms with Crippen molar-refractivity contribution in [2.45, 2.75) is 33.1 Å². The van der Waals surface area contributed by atoms with Gasteiger partial charge in [0, 0.05) is 0 Å². The Kier molecular flexibility index (Phi) is 4.34. The molecule has 0 fully saturated rings. The Morgan fingerprint density at radius 2 is 1.88 bits per heavy atom. The zero-order valence-electron chi connectivity index (χ0n) is 10.8. The van der Waals surface area contributed by atoms with Gasteiger partial charge in [0.1, 0.15) is 0 Å². The van der Waals surface area contributed by atoms with Crippen molar-refractivity contribution in [1.82, 2.24) is 0 Å².